The number of imidazole rings is 1. The molecular formula is C27H39N7O2. The first kappa shape index (κ1) is 24.7. The number of piperidine rings is 1. The maximum atomic E-state index is 13.1. The molecule has 0 radical (unpaired) electrons. The van der Waals surface area contributed by atoms with Gasteiger partial charge in [0.15, 0.2) is 17.0 Å². The van der Waals surface area contributed by atoms with Crippen LogP contribution in [0.25, 0.3) is 11.2 Å². The summed E-state index contributed by atoms with van der Waals surface area (Å²) in [5, 5.41) is 3.20. The van der Waals surface area contributed by atoms with Crippen LogP contribution in [0.2, 0.25) is 0 Å². The zero-order valence-corrected chi connectivity index (χ0v) is 21.5. The van der Waals surface area contributed by atoms with Gasteiger partial charge in [-0.15, -0.1) is 0 Å². The van der Waals surface area contributed by atoms with E-state index in [4.69, 9.17) is 9.40 Å². The molecule has 1 N–H and O–H groups in total. The second-order valence-electron chi connectivity index (χ2n) is 10.1. The predicted molar refractivity (Wildman–Crippen MR) is 140 cm³/mol. The van der Waals surface area contributed by atoms with E-state index in [1.807, 2.05) is 12.1 Å². The van der Waals surface area contributed by atoms with Crippen LogP contribution in [-0.2, 0) is 24.3 Å². The van der Waals surface area contributed by atoms with Crippen LogP contribution in [-0.4, -0.2) is 63.0 Å². The van der Waals surface area contributed by atoms with Gasteiger partial charge in [0, 0.05) is 39.1 Å². The minimum absolute atomic E-state index is 0.0432. The van der Waals surface area contributed by atoms with E-state index in [1.54, 1.807) is 12.6 Å². The van der Waals surface area contributed by atoms with Gasteiger partial charge in [0.1, 0.15) is 17.9 Å². The van der Waals surface area contributed by atoms with Crippen molar-refractivity contribution in [1.82, 2.24) is 29.7 Å². The highest BCUT2D eigenvalue weighted by atomic mass is 16.3. The van der Waals surface area contributed by atoms with Crippen molar-refractivity contribution in [3.63, 3.8) is 0 Å². The Hall–Kier alpha value is -2.94. The Bertz CT molecular complexity index is 1130. The van der Waals surface area contributed by atoms with Crippen molar-refractivity contribution >= 4 is 22.9 Å². The number of aryl methyl sites for hydroxylation is 2. The molecule has 5 heterocycles. The average molecular weight is 494 g/mol. The number of fused-ring (bicyclic) bond motifs is 3. The molecule has 0 spiro atoms. The third-order valence-corrected chi connectivity index (χ3v) is 7.48. The number of nitrogens with one attached hydrogen (secondary N) is 1. The molecule has 0 aromatic carbocycles. The van der Waals surface area contributed by atoms with Crippen LogP contribution in [0.4, 0.5) is 5.82 Å². The molecule has 1 amide bonds. The van der Waals surface area contributed by atoms with Crippen LogP contribution in [0, 0.1) is 5.92 Å². The minimum atomic E-state index is -0.0432. The van der Waals surface area contributed by atoms with E-state index in [2.05, 4.69) is 36.6 Å². The van der Waals surface area contributed by atoms with Gasteiger partial charge in [0.25, 0.3) is 0 Å². The Morgan fingerprint density at radius 1 is 1.19 bits per heavy atom. The first-order valence-electron chi connectivity index (χ1n) is 13.7. The van der Waals surface area contributed by atoms with E-state index in [9.17, 15) is 4.79 Å². The Kier molecular flexibility index (Phi) is 8.15. The van der Waals surface area contributed by atoms with E-state index in [-0.39, 0.29) is 11.8 Å². The van der Waals surface area contributed by atoms with Crippen LogP contribution in [0.15, 0.2) is 29.1 Å². The lowest BCUT2D eigenvalue weighted by Gasteiger charge is -2.33. The second-order valence-corrected chi connectivity index (χ2v) is 10.1. The van der Waals surface area contributed by atoms with Gasteiger partial charge in [-0.1, -0.05) is 19.8 Å². The minimum Gasteiger partial charge on any atom is -0.468 e. The molecule has 3 aromatic heterocycles. The summed E-state index contributed by atoms with van der Waals surface area (Å²) >= 11 is 0. The lowest BCUT2D eigenvalue weighted by Crippen LogP contribution is -2.45. The number of carbonyl (C=O) groups excluding carboxylic acids is 1. The first-order chi connectivity index (χ1) is 17.7. The summed E-state index contributed by atoms with van der Waals surface area (Å²) in [6, 6.07) is 3.94. The van der Waals surface area contributed by atoms with Crippen molar-refractivity contribution in [3.8, 4) is 0 Å². The van der Waals surface area contributed by atoms with Gasteiger partial charge in [0.05, 0.1) is 18.7 Å². The molecule has 0 bridgehead atoms. The number of amides is 1. The van der Waals surface area contributed by atoms with Gasteiger partial charge in [0.2, 0.25) is 5.91 Å². The molecule has 1 fully saturated rings. The quantitative estimate of drug-likeness (QED) is 0.459. The number of nitrogens with zero attached hydrogens (tertiary/aromatic N) is 6. The molecule has 9 heteroatoms. The molecule has 194 valence electrons. The fraction of sp³-hybridized carbons (Fsp3) is 0.630. The third-order valence-electron chi connectivity index (χ3n) is 7.48. The zero-order valence-electron chi connectivity index (χ0n) is 21.5. The summed E-state index contributed by atoms with van der Waals surface area (Å²) in [5.74, 6) is 3.06. The molecule has 9 nitrogen and oxygen atoms in total. The number of carbonyl (C=O) groups is 1. The maximum absolute atomic E-state index is 13.1. The van der Waals surface area contributed by atoms with Gasteiger partial charge < -0.3 is 19.2 Å². The molecule has 5 rings (SSSR count). The van der Waals surface area contributed by atoms with Gasteiger partial charge in [-0.2, -0.15) is 0 Å². The van der Waals surface area contributed by atoms with Crippen LogP contribution in [0.5, 0.6) is 0 Å². The van der Waals surface area contributed by atoms with E-state index in [1.165, 1.54) is 19.3 Å². The maximum Gasteiger partial charge on any atom is 0.224 e. The van der Waals surface area contributed by atoms with Crippen molar-refractivity contribution < 1.29 is 9.21 Å². The van der Waals surface area contributed by atoms with Gasteiger partial charge in [-0.25, -0.2) is 15.0 Å². The summed E-state index contributed by atoms with van der Waals surface area (Å²) in [5.41, 5.74) is 1.83. The SMILES string of the molecule is CCCCN(CCNC(=O)[C@@H]1CCCN(c2ncnc3c2nc2n3CCCCC2)C1)Cc1ccco1. The fourth-order valence-electron chi connectivity index (χ4n) is 5.50. The van der Waals surface area contributed by atoms with Crippen molar-refractivity contribution in [2.75, 3.05) is 37.6 Å². The Balaban J connectivity index is 1.20. The topological polar surface area (TPSA) is 92.3 Å². The number of hydrogen-bond donors (Lipinski definition) is 1. The van der Waals surface area contributed by atoms with E-state index in [0.29, 0.717) is 13.1 Å². The Labute approximate surface area is 213 Å². The lowest BCUT2D eigenvalue weighted by atomic mass is 9.97. The number of anilines is 1. The van der Waals surface area contributed by atoms with Crippen molar-refractivity contribution in [3.05, 3.63) is 36.3 Å². The zero-order chi connectivity index (χ0) is 24.7. The molecule has 0 aliphatic carbocycles. The summed E-state index contributed by atoms with van der Waals surface area (Å²) in [7, 11) is 0. The molecule has 1 atom stereocenters. The second kappa shape index (κ2) is 11.9. The van der Waals surface area contributed by atoms with E-state index < -0.39 is 0 Å². The monoisotopic (exact) mass is 493 g/mol. The largest absolute Gasteiger partial charge is 0.468 e. The number of unbranched alkanes of at least 4 members (excludes halogenated alkanes) is 1. The predicted octanol–water partition coefficient (Wildman–Crippen LogP) is 3.78. The molecule has 1 saturated heterocycles. The fourth-order valence-corrected chi connectivity index (χ4v) is 5.50. The highest BCUT2D eigenvalue weighted by molar-refractivity contribution is 5.85. The molecule has 0 saturated carbocycles. The summed E-state index contributed by atoms with van der Waals surface area (Å²) < 4.78 is 7.80. The highest BCUT2D eigenvalue weighted by Crippen LogP contribution is 2.29. The Morgan fingerprint density at radius 2 is 2.14 bits per heavy atom. The third kappa shape index (κ3) is 5.72. The molecular weight excluding hydrogens is 454 g/mol. The van der Waals surface area contributed by atoms with Crippen LogP contribution < -0.4 is 10.2 Å². The molecule has 2 aliphatic rings. The van der Waals surface area contributed by atoms with Crippen molar-refractivity contribution in [2.45, 2.75) is 71.4 Å². The van der Waals surface area contributed by atoms with Crippen LogP contribution >= 0.6 is 0 Å². The number of hydrogen-bond acceptors (Lipinski definition) is 7. The van der Waals surface area contributed by atoms with Crippen LogP contribution in [0.1, 0.15) is 63.5 Å². The summed E-state index contributed by atoms with van der Waals surface area (Å²) in [4.78, 5) is 31.9. The van der Waals surface area contributed by atoms with Crippen molar-refractivity contribution in [2.24, 2.45) is 5.92 Å². The molecule has 0 unspecified atom stereocenters. The molecule has 36 heavy (non-hydrogen) atoms. The van der Waals surface area contributed by atoms with Gasteiger partial charge in [-0.3, -0.25) is 9.69 Å². The molecule has 2 aliphatic heterocycles. The normalized spacial score (nSPS) is 18.4. The van der Waals surface area contributed by atoms with Crippen molar-refractivity contribution in [1.29, 1.82) is 0 Å². The highest BCUT2D eigenvalue weighted by Gasteiger charge is 2.29. The van der Waals surface area contributed by atoms with Gasteiger partial charge >= 0.3 is 0 Å². The summed E-state index contributed by atoms with van der Waals surface area (Å²) in [6.45, 7) is 7.98. The Morgan fingerprint density at radius 3 is 3.00 bits per heavy atom. The standard InChI is InChI=1S/C27H39N7O2/c1-2-3-13-32(19-22-10-8-17-36-22)16-12-28-27(35)21-9-7-14-33(18-21)25-24-26(30-20-29-25)34-15-6-4-5-11-23(34)31-24/h8,10,17,20-21H,2-7,9,11-16,18-19H2,1H3,(H,28,35)/t21-/m1/s1. The molecule has 3 aromatic rings. The van der Waals surface area contributed by atoms with Crippen LogP contribution in [0.3, 0.4) is 0 Å². The van der Waals surface area contributed by atoms with E-state index >= 15 is 0 Å². The van der Waals surface area contributed by atoms with Gasteiger partial charge in [-0.05, 0) is 50.8 Å². The number of furan rings is 1. The summed E-state index contributed by atoms with van der Waals surface area (Å²) in [6.07, 6.45) is 12.1. The van der Waals surface area contributed by atoms with E-state index in [0.717, 1.165) is 93.4 Å². The smallest absolute Gasteiger partial charge is 0.224 e. The number of aromatic nitrogens is 4. The number of rotatable bonds is 10. The lowest BCUT2D eigenvalue weighted by molar-refractivity contribution is -0.125. The first-order valence-corrected chi connectivity index (χ1v) is 13.7. The average Bonchev–Trinajstić information content (AvgIpc) is 3.48.